The van der Waals surface area contributed by atoms with Crippen LogP contribution in [0, 0.1) is 11.6 Å². The second-order valence-electron chi connectivity index (χ2n) is 7.24. The minimum Gasteiger partial charge on any atom is -0.503 e. The van der Waals surface area contributed by atoms with Crippen LogP contribution in [0.5, 0.6) is 5.75 Å². The fourth-order valence-corrected chi connectivity index (χ4v) is 3.76. The van der Waals surface area contributed by atoms with E-state index in [2.05, 4.69) is 0 Å². The number of benzene rings is 1. The second-order valence-corrected chi connectivity index (χ2v) is 7.24. The number of nitrogens with zero attached hydrogens (tertiary/aromatic N) is 2. The van der Waals surface area contributed by atoms with Gasteiger partial charge in [-0.1, -0.05) is 6.07 Å². The third-order valence-corrected chi connectivity index (χ3v) is 5.20. The smallest absolute Gasteiger partial charge is 0.276 e. The third-order valence-electron chi connectivity index (χ3n) is 5.20. The predicted octanol–water partition coefficient (Wildman–Crippen LogP) is 1.85. The summed E-state index contributed by atoms with van der Waals surface area (Å²) >= 11 is 0. The summed E-state index contributed by atoms with van der Waals surface area (Å²) in [5, 5.41) is 10.3. The summed E-state index contributed by atoms with van der Waals surface area (Å²) < 4.78 is 33.8. The first-order chi connectivity index (χ1) is 13.8. The van der Waals surface area contributed by atoms with Gasteiger partial charge in [0, 0.05) is 25.2 Å². The molecule has 0 bridgehead atoms. The molecule has 1 unspecified atom stereocenters. The van der Waals surface area contributed by atoms with Crippen LogP contribution < -0.4 is 5.43 Å². The van der Waals surface area contributed by atoms with Crippen LogP contribution in [0.3, 0.4) is 0 Å². The number of aryl methyl sites for hydroxylation is 1. The lowest BCUT2D eigenvalue weighted by atomic mass is 10.0. The molecule has 0 aliphatic carbocycles. The topological polar surface area (TPSA) is 88.8 Å². The quantitative estimate of drug-likeness (QED) is 0.786. The molecule has 0 radical (unpaired) electrons. The molecule has 7 nitrogen and oxygen atoms in total. The lowest BCUT2D eigenvalue weighted by Gasteiger charge is -2.31. The van der Waals surface area contributed by atoms with E-state index in [1.165, 1.54) is 21.7 Å². The van der Waals surface area contributed by atoms with Gasteiger partial charge in [-0.2, -0.15) is 0 Å². The highest BCUT2D eigenvalue weighted by molar-refractivity contribution is 6.00. The van der Waals surface area contributed by atoms with Crippen LogP contribution in [0.2, 0.25) is 0 Å². The largest absolute Gasteiger partial charge is 0.503 e. The molecule has 29 heavy (non-hydrogen) atoms. The zero-order valence-electron chi connectivity index (χ0n) is 15.5. The van der Waals surface area contributed by atoms with E-state index in [9.17, 15) is 28.3 Å². The zero-order chi connectivity index (χ0) is 20.9. The highest BCUT2D eigenvalue weighted by atomic mass is 19.1. The first kappa shape index (κ1) is 19.3. The number of ketones is 1. The highest BCUT2D eigenvalue weighted by Crippen LogP contribution is 2.28. The molecule has 9 heteroatoms. The van der Waals surface area contributed by atoms with E-state index < -0.39 is 40.7 Å². The maximum absolute atomic E-state index is 13.8. The molecule has 0 spiro atoms. The van der Waals surface area contributed by atoms with Crippen LogP contribution in [0.15, 0.2) is 29.2 Å². The predicted molar refractivity (Wildman–Crippen MR) is 96.7 cm³/mol. The van der Waals surface area contributed by atoms with Gasteiger partial charge in [-0.05, 0) is 25.0 Å². The molecular weight excluding hydrogens is 386 g/mol. The van der Waals surface area contributed by atoms with Crippen molar-refractivity contribution < 1.29 is 28.2 Å². The Labute approximate surface area is 164 Å². The summed E-state index contributed by atoms with van der Waals surface area (Å²) in [7, 11) is 0. The van der Waals surface area contributed by atoms with Gasteiger partial charge in [-0.3, -0.25) is 14.4 Å². The number of rotatable bonds is 4. The average Bonchev–Trinajstić information content (AvgIpc) is 3.04. The first-order valence-corrected chi connectivity index (χ1v) is 9.16. The second kappa shape index (κ2) is 7.07. The number of fused-ring (bicyclic) bond motifs is 2. The number of aromatic nitrogens is 1. The van der Waals surface area contributed by atoms with Crippen molar-refractivity contribution in [3.8, 4) is 5.75 Å². The summed E-state index contributed by atoms with van der Waals surface area (Å²) in [5.74, 6) is -3.43. The molecule has 2 aromatic rings. The van der Waals surface area contributed by atoms with Crippen LogP contribution in [0.4, 0.5) is 8.78 Å². The highest BCUT2D eigenvalue weighted by Gasteiger charge is 2.41. The number of pyridine rings is 1. The van der Waals surface area contributed by atoms with E-state index in [1.807, 2.05) is 6.92 Å². The lowest BCUT2D eigenvalue weighted by Crippen LogP contribution is -2.46. The number of hydrogen-bond donors (Lipinski definition) is 1. The maximum atomic E-state index is 13.8. The molecule has 3 heterocycles. The number of aromatic hydroxyl groups is 1. The van der Waals surface area contributed by atoms with Crippen molar-refractivity contribution in [2.75, 3.05) is 6.54 Å². The van der Waals surface area contributed by atoms with Crippen molar-refractivity contribution in [2.45, 2.75) is 38.6 Å². The van der Waals surface area contributed by atoms with Gasteiger partial charge in [0.05, 0.1) is 18.2 Å². The standard InChI is InChI=1S/C20H18F2N2O5/c1-10-7-24-16(29-10)9-23-8-13(18(26)19(27)17(23)20(24)28)15(25)5-3-11-2-4-12(21)6-14(11)22/h2,4,6,8,10,16,27H,3,5,7,9H2,1H3/t10-,16?/m1/s1. The number of hydrogen-bond acceptors (Lipinski definition) is 5. The molecule has 1 fully saturated rings. The minimum atomic E-state index is -0.944. The van der Waals surface area contributed by atoms with Crippen molar-refractivity contribution in [2.24, 2.45) is 0 Å². The Bertz CT molecular complexity index is 1080. The van der Waals surface area contributed by atoms with Gasteiger partial charge in [0.15, 0.2) is 23.5 Å². The summed E-state index contributed by atoms with van der Waals surface area (Å²) in [4.78, 5) is 39.2. The Balaban J connectivity index is 1.61. The van der Waals surface area contributed by atoms with Gasteiger partial charge in [-0.15, -0.1) is 0 Å². The van der Waals surface area contributed by atoms with Gasteiger partial charge < -0.3 is 19.3 Å². The zero-order valence-corrected chi connectivity index (χ0v) is 15.5. The van der Waals surface area contributed by atoms with E-state index in [1.54, 1.807) is 0 Å². The monoisotopic (exact) mass is 404 g/mol. The molecule has 1 N–H and O–H groups in total. The molecule has 152 valence electrons. The van der Waals surface area contributed by atoms with Crippen molar-refractivity contribution in [3.63, 3.8) is 0 Å². The third kappa shape index (κ3) is 3.31. The Morgan fingerprint density at radius 1 is 1.28 bits per heavy atom. The van der Waals surface area contributed by atoms with E-state index in [-0.39, 0.29) is 42.3 Å². The molecule has 2 aliphatic heterocycles. The van der Waals surface area contributed by atoms with Gasteiger partial charge in [-0.25, -0.2) is 8.78 Å². The Morgan fingerprint density at radius 3 is 2.76 bits per heavy atom. The molecule has 1 amide bonds. The summed E-state index contributed by atoms with van der Waals surface area (Å²) in [6.07, 6.45) is 0.265. The van der Waals surface area contributed by atoms with Gasteiger partial charge in [0.2, 0.25) is 5.43 Å². The van der Waals surface area contributed by atoms with Crippen molar-refractivity contribution in [1.29, 1.82) is 0 Å². The van der Waals surface area contributed by atoms with Gasteiger partial charge >= 0.3 is 0 Å². The molecule has 1 aromatic heterocycles. The Hall–Kier alpha value is -3.07. The van der Waals surface area contributed by atoms with Crippen molar-refractivity contribution in [3.05, 3.63) is 63.1 Å². The Morgan fingerprint density at radius 2 is 2.03 bits per heavy atom. The number of ether oxygens (including phenoxy) is 1. The van der Waals surface area contributed by atoms with Crippen LogP contribution in [-0.2, 0) is 17.7 Å². The van der Waals surface area contributed by atoms with Crippen LogP contribution >= 0.6 is 0 Å². The fraction of sp³-hybridized carbons (Fsp3) is 0.350. The fourth-order valence-electron chi connectivity index (χ4n) is 3.76. The molecule has 2 aliphatic rings. The lowest BCUT2D eigenvalue weighted by molar-refractivity contribution is -0.0101. The molecule has 1 saturated heterocycles. The van der Waals surface area contributed by atoms with E-state index in [4.69, 9.17) is 4.74 Å². The maximum Gasteiger partial charge on any atom is 0.276 e. The number of halogens is 2. The number of amides is 1. The summed E-state index contributed by atoms with van der Waals surface area (Å²) in [5.41, 5.74) is -1.27. The number of carbonyl (C=O) groups is 2. The van der Waals surface area contributed by atoms with Crippen LogP contribution in [-0.4, -0.2) is 45.1 Å². The van der Waals surface area contributed by atoms with Crippen LogP contribution in [0.1, 0.15) is 39.8 Å². The van der Waals surface area contributed by atoms with Gasteiger partial charge in [0.25, 0.3) is 5.91 Å². The molecule has 2 atom stereocenters. The van der Waals surface area contributed by atoms with E-state index in [0.717, 1.165) is 12.1 Å². The number of Topliss-reactive ketones (excluding diaryl/α,β-unsaturated/α-hetero) is 1. The average molecular weight is 404 g/mol. The normalized spacial score (nSPS) is 20.5. The molecular formula is C20H18F2N2O5. The summed E-state index contributed by atoms with van der Waals surface area (Å²) in [6, 6.07) is 3.04. The first-order valence-electron chi connectivity index (χ1n) is 9.16. The van der Waals surface area contributed by atoms with Crippen molar-refractivity contribution in [1.82, 2.24) is 9.47 Å². The summed E-state index contributed by atoms with van der Waals surface area (Å²) in [6.45, 7) is 2.33. The van der Waals surface area contributed by atoms with Crippen molar-refractivity contribution >= 4 is 11.7 Å². The molecule has 4 rings (SSSR count). The molecule has 0 saturated carbocycles. The Kier molecular flexibility index (Phi) is 4.70. The number of carbonyl (C=O) groups excluding carboxylic acids is 2. The van der Waals surface area contributed by atoms with Gasteiger partial charge in [0.1, 0.15) is 11.6 Å². The SMILES string of the molecule is C[C@@H]1CN2C(=O)c3c(O)c(=O)c(C(=O)CCc4ccc(F)cc4F)cn3CC2O1. The van der Waals surface area contributed by atoms with Crippen LogP contribution in [0.25, 0.3) is 0 Å². The minimum absolute atomic E-state index is 0.0388. The molecule has 1 aromatic carbocycles. The van der Waals surface area contributed by atoms with E-state index >= 15 is 0 Å². The van der Waals surface area contributed by atoms with E-state index in [0.29, 0.717) is 6.54 Å².